The molecule has 1 heterocycles. The van der Waals surface area contributed by atoms with Gasteiger partial charge in [0.15, 0.2) is 0 Å². The molecule has 1 unspecified atom stereocenters. The van der Waals surface area contributed by atoms with Crippen LogP contribution in [0.15, 0.2) is 42.5 Å². The molecule has 6 nitrogen and oxygen atoms in total. The van der Waals surface area contributed by atoms with Crippen molar-refractivity contribution in [3.05, 3.63) is 58.1 Å². The Bertz CT molecular complexity index is 781. The van der Waals surface area contributed by atoms with E-state index in [0.717, 1.165) is 5.56 Å². The molecule has 1 aliphatic heterocycles. The summed E-state index contributed by atoms with van der Waals surface area (Å²) in [5, 5.41) is 30.0. The van der Waals surface area contributed by atoms with Crippen LogP contribution in [-0.4, -0.2) is 16.6 Å². The molecule has 0 aliphatic carbocycles. The van der Waals surface area contributed by atoms with E-state index in [4.69, 9.17) is 4.74 Å². The van der Waals surface area contributed by atoms with Gasteiger partial charge < -0.3 is 9.84 Å². The lowest BCUT2D eigenvalue weighted by Crippen LogP contribution is -2.38. The first-order chi connectivity index (χ1) is 10.1. The van der Waals surface area contributed by atoms with Crippen molar-refractivity contribution in [3.63, 3.8) is 0 Å². The Morgan fingerprint density at radius 2 is 2.05 bits per heavy atom. The summed E-state index contributed by atoms with van der Waals surface area (Å²) in [6.45, 7) is -0.591. The van der Waals surface area contributed by atoms with Crippen molar-refractivity contribution in [1.29, 1.82) is 5.26 Å². The Balaban J connectivity index is 2.33. The zero-order chi connectivity index (χ0) is 15.0. The molecule has 2 aromatic carbocycles. The molecule has 2 aromatic rings. The van der Waals surface area contributed by atoms with Crippen LogP contribution in [0.1, 0.15) is 5.56 Å². The van der Waals surface area contributed by atoms with E-state index in [1.54, 1.807) is 24.3 Å². The second-order valence-electron chi connectivity index (χ2n) is 4.68. The molecule has 104 valence electrons. The summed E-state index contributed by atoms with van der Waals surface area (Å²) in [5.74, 6) is 0.467. The topological polar surface area (TPSA) is 96.4 Å². The summed E-state index contributed by atoms with van der Waals surface area (Å²) in [7, 11) is 0. The van der Waals surface area contributed by atoms with Crippen molar-refractivity contribution in [2.75, 3.05) is 6.61 Å². The van der Waals surface area contributed by atoms with Gasteiger partial charge in [-0.3, -0.25) is 10.1 Å². The fourth-order valence-corrected chi connectivity index (χ4v) is 2.47. The van der Waals surface area contributed by atoms with Gasteiger partial charge in [0.2, 0.25) is 5.60 Å². The Morgan fingerprint density at radius 1 is 1.29 bits per heavy atom. The van der Waals surface area contributed by atoms with E-state index < -0.39 is 17.1 Å². The molecule has 1 N–H and O–H groups in total. The average Bonchev–Trinajstić information content (AvgIpc) is 2.53. The van der Waals surface area contributed by atoms with Crippen LogP contribution in [0.2, 0.25) is 0 Å². The highest BCUT2D eigenvalue weighted by atomic mass is 16.6. The first-order valence-electron chi connectivity index (χ1n) is 6.21. The van der Waals surface area contributed by atoms with E-state index in [2.05, 4.69) is 0 Å². The lowest BCUT2D eigenvalue weighted by atomic mass is 9.85. The number of nitriles is 1. The molecule has 0 bridgehead atoms. The smallest absolute Gasteiger partial charge is 0.269 e. The molecule has 21 heavy (non-hydrogen) atoms. The number of non-ortho nitro benzene ring substituents is 1. The predicted octanol–water partition coefficient (Wildman–Crippen LogP) is 2.37. The Hall–Kier alpha value is -2.91. The SMILES string of the molecule is N#CC1(CO)Oc2ccccc2-c2ccc([N+](=O)[O-])cc21. The van der Waals surface area contributed by atoms with Gasteiger partial charge in [0.05, 0.1) is 4.92 Å². The molecule has 1 atom stereocenters. The molecule has 0 spiro atoms. The highest BCUT2D eigenvalue weighted by Gasteiger charge is 2.42. The highest BCUT2D eigenvalue weighted by Crippen LogP contribution is 2.45. The standard InChI is InChI=1S/C15H10N2O4/c16-8-15(9-18)13-7-10(17(19)20)5-6-11(13)12-3-1-2-4-14(12)21-15/h1-7,18H,9H2. The van der Waals surface area contributed by atoms with E-state index in [1.807, 2.05) is 12.1 Å². The number of fused-ring (bicyclic) bond motifs is 3. The second-order valence-corrected chi connectivity index (χ2v) is 4.68. The van der Waals surface area contributed by atoms with Gasteiger partial charge in [-0.15, -0.1) is 0 Å². The van der Waals surface area contributed by atoms with Gasteiger partial charge in [0, 0.05) is 23.3 Å². The van der Waals surface area contributed by atoms with Crippen LogP contribution in [0, 0.1) is 21.4 Å². The Kier molecular flexibility index (Phi) is 2.85. The number of nitrogens with zero attached hydrogens (tertiary/aromatic N) is 2. The molecule has 6 heteroatoms. The number of aliphatic hydroxyl groups excluding tert-OH is 1. The molecule has 3 rings (SSSR count). The summed E-state index contributed by atoms with van der Waals surface area (Å²) in [6, 6.07) is 13.2. The predicted molar refractivity (Wildman–Crippen MR) is 73.5 cm³/mol. The van der Waals surface area contributed by atoms with Gasteiger partial charge in [-0.25, -0.2) is 0 Å². The van der Waals surface area contributed by atoms with Crippen LogP contribution in [0.5, 0.6) is 5.75 Å². The molecule has 0 aromatic heterocycles. The molecular formula is C15H10N2O4. The zero-order valence-corrected chi connectivity index (χ0v) is 10.8. The summed E-state index contributed by atoms with van der Waals surface area (Å²) in [5.41, 5.74) is -0.0830. The van der Waals surface area contributed by atoms with E-state index >= 15 is 0 Å². The minimum absolute atomic E-state index is 0.148. The number of nitro benzene ring substituents is 1. The number of benzene rings is 2. The number of rotatable bonds is 2. The second kappa shape index (κ2) is 4.58. The summed E-state index contributed by atoms with van der Waals surface area (Å²) < 4.78 is 5.65. The monoisotopic (exact) mass is 282 g/mol. The minimum atomic E-state index is -1.63. The maximum Gasteiger partial charge on any atom is 0.269 e. The van der Waals surface area contributed by atoms with Crippen LogP contribution >= 0.6 is 0 Å². The van der Waals surface area contributed by atoms with Gasteiger partial charge in [0.25, 0.3) is 5.69 Å². The van der Waals surface area contributed by atoms with Gasteiger partial charge >= 0.3 is 0 Å². The van der Waals surface area contributed by atoms with E-state index in [9.17, 15) is 20.5 Å². The van der Waals surface area contributed by atoms with Gasteiger partial charge in [0.1, 0.15) is 18.4 Å². The Labute approximate surface area is 120 Å². The minimum Gasteiger partial charge on any atom is -0.465 e. The summed E-state index contributed by atoms with van der Waals surface area (Å²) in [4.78, 5) is 10.4. The highest BCUT2D eigenvalue weighted by molar-refractivity contribution is 5.78. The lowest BCUT2D eigenvalue weighted by Gasteiger charge is -2.33. The number of para-hydroxylation sites is 1. The molecule has 0 amide bonds. The molecule has 0 radical (unpaired) electrons. The first-order valence-corrected chi connectivity index (χ1v) is 6.21. The lowest BCUT2D eigenvalue weighted by molar-refractivity contribution is -0.385. The molecule has 0 saturated carbocycles. The third-order valence-electron chi connectivity index (χ3n) is 3.51. The normalized spacial score (nSPS) is 18.9. The average molecular weight is 282 g/mol. The van der Waals surface area contributed by atoms with Gasteiger partial charge in [-0.2, -0.15) is 5.26 Å². The van der Waals surface area contributed by atoms with Crippen molar-refractivity contribution < 1.29 is 14.8 Å². The molecular weight excluding hydrogens is 272 g/mol. The fourth-order valence-electron chi connectivity index (χ4n) is 2.47. The molecule has 0 saturated heterocycles. The van der Waals surface area contributed by atoms with Crippen LogP contribution in [-0.2, 0) is 5.60 Å². The van der Waals surface area contributed by atoms with Crippen molar-refractivity contribution in [3.8, 4) is 22.9 Å². The summed E-state index contributed by atoms with van der Waals surface area (Å²) in [6.07, 6.45) is 0. The largest absolute Gasteiger partial charge is 0.465 e. The van der Waals surface area contributed by atoms with Crippen LogP contribution < -0.4 is 4.74 Å². The van der Waals surface area contributed by atoms with Crippen LogP contribution in [0.4, 0.5) is 5.69 Å². The third-order valence-corrected chi connectivity index (χ3v) is 3.51. The van der Waals surface area contributed by atoms with Crippen molar-refractivity contribution in [1.82, 2.24) is 0 Å². The number of hydrogen-bond acceptors (Lipinski definition) is 5. The van der Waals surface area contributed by atoms with Crippen LogP contribution in [0.25, 0.3) is 11.1 Å². The third kappa shape index (κ3) is 1.83. The van der Waals surface area contributed by atoms with Crippen molar-refractivity contribution in [2.24, 2.45) is 0 Å². The maximum absolute atomic E-state index is 10.9. The molecule has 1 aliphatic rings. The maximum atomic E-state index is 10.9. The molecule has 0 fully saturated rings. The van der Waals surface area contributed by atoms with E-state index in [-0.39, 0.29) is 5.69 Å². The summed E-state index contributed by atoms with van der Waals surface area (Å²) >= 11 is 0. The zero-order valence-electron chi connectivity index (χ0n) is 10.8. The Morgan fingerprint density at radius 3 is 2.71 bits per heavy atom. The van der Waals surface area contributed by atoms with Gasteiger partial charge in [-0.1, -0.05) is 18.2 Å². The first kappa shape index (κ1) is 13.1. The number of aliphatic hydroxyl groups is 1. The van der Waals surface area contributed by atoms with Crippen molar-refractivity contribution >= 4 is 5.69 Å². The number of ether oxygens (including phenoxy) is 1. The number of hydrogen-bond donors (Lipinski definition) is 1. The quantitative estimate of drug-likeness (QED) is 0.673. The van der Waals surface area contributed by atoms with Crippen molar-refractivity contribution in [2.45, 2.75) is 5.60 Å². The van der Waals surface area contributed by atoms with E-state index in [0.29, 0.717) is 16.9 Å². The fraction of sp³-hybridized carbons (Fsp3) is 0.133. The van der Waals surface area contributed by atoms with E-state index in [1.165, 1.54) is 12.1 Å². The number of nitro groups is 1. The van der Waals surface area contributed by atoms with Crippen LogP contribution in [0.3, 0.4) is 0 Å². The van der Waals surface area contributed by atoms with Gasteiger partial charge in [-0.05, 0) is 17.7 Å².